The van der Waals surface area contributed by atoms with Gasteiger partial charge in [0.1, 0.15) is 5.78 Å². The highest BCUT2D eigenvalue weighted by Gasteiger charge is 2.58. The molecule has 0 spiro atoms. The maximum Gasteiger partial charge on any atom is 0.488 e. The Kier molecular flexibility index (Phi) is 6.28. The molecule has 0 bridgehead atoms. The number of benzene rings is 2. The summed E-state index contributed by atoms with van der Waals surface area (Å²) in [5, 5.41) is 22.2. The average molecular weight is 503 g/mol. The molecule has 7 nitrogen and oxygen atoms in total. The number of hydrogen-bond donors (Lipinski definition) is 3. The average Bonchev–Trinajstić information content (AvgIpc) is 3.47. The van der Waals surface area contributed by atoms with Gasteiger partial charge in [0.2, 0.25) is 12.7 Å². The van der Waals surface area contributed by atoms with Gasteiger partial charge in [-0.05, 0) is 90.1 Å². The van der Waals surface area contributed by atoms with Gasteiger partial charge < -0.3 is 24.8 Å². The fourth-order valence-corrected chi connectivity index (χ4v) is 7.74. The number of carbonyl (C=O) groups excluding carboxylic acids is 2. The molecule has 1 heterocycles. The number of nitrogens with one attached hydrogen (secondary N) is 1. The lowest BCUT2D eigenvalue weighted by molar-refractivity contribution is -0.129. The Bertz CT molecular complexity index is 1230. The number of rotatable bonds is 6. The minimum Gasteiger partial charge on any atom is -0.454 e. The summed E-state index contributed by atoms with van der Waals surface area (Å²) in [4.78, 5) is 26.0. The molecule has 3 N–H and O–H groups in total. The molecular formula is C29H34BNO6. The normalized spacial score (nSPS) is 29.3. The Morgan fingerprint density at radius 3 is 2.81 bits per heavy atom. The van der Waals surface area contributed by atoms with E-state index in [9.17, 15) is 19.6 Å². The Hall–Kier alpha value is -2.84. The predicted octanol–water partition coefficient (Wildman–Crippen LogP) is 2.84. The van der Waals surface area contributed by atoms with Crippen LogP contribution in [0.3, 0.4) is 0 Å². The van der Waals surface area contributed by atoms with Crippen molar-refractivity contribution in [2.45, 2.75) is 64.3 Å². The van der Waals surface area contributed by atoms with Crippen LogP contribution >= 0.6 is 0 Å². The highest BCUT2D eigenvalue weighted by Crippen LogP contribution is 2.62. The maximum atomic E-state index is 13.3. The van der Waals surface area contributed by atoms with E-state index >= 15 is 0 Å². The van der Waals surface area contributed by atoms with Gasteiger partial charge >= 0.3 is 7.12 Å². The molecule has 194 valence electrons. The van der Waals surface area contributed by atoms with E-state index in [0.717, 1.165) is 43.4 Å². The minimum atomic E-state index is -1.45. The number of carbonyl (C=O) groups is 2. The van der Waals surface area contributed by atoms with Crippen LogP contribution in [-0.2, 0) is 22.6 Å². The standard InChI is InChI=1S/C29H34BNO6/c1-29-11-10-22-21-7-5-20(30(34)35)13-18(21)3-6-23(22)28(29)19(14-26(29)32)4-9-27(33)31-15-17-2-8-24-25(12-17)37-16-36-24/h2,5,7-8,12-13,19,22-23,28,34-35H,3-4,6,9-11,14-16H2,1H3,(H,31,33)/t19-,22?,23?,28?,29-/m1/s1. The molecule has 1 amide bonds. The third kappa shape index (κ3) is 4.34. The highest BCUT2D eigenvalue weighted by molar-refractivity contribution is 6.58. The van der Waals surface area contributed by atoms with Gasteiger partial charge in [0.25, 0.3) is 0 Å². The summed E-state index contributed by atoms with van der Waals surface area (Å²) in [6.07, 6.45) is 5.48. The topological polar surface area (TPSA) is 105 Å². The fourth-order valence-electron chi connectivity index (χ4n) is 7.74. The Morgan fingerprint density at radius 1 is 1.14 bits per heavy atom. The summed E-state index contributed by atoms with van der Waals surface area (Å²) in [7, 11) is -1.45. The lowest BCUT2D eigenvalue weighted by Crippen LogP contribution is -2.44. The number of aryl methyl sites for hydroxylation is 1. The smallest absolute Gasteiger partial charge is 0.454 e. The summed E-state index contributed by atoms with van der Waals surface area (Å²) >= 11 is 0. The van der Waals surface area contributed by atoms with Crippen LogP contribution in [0.1, 0.15) is 68.1 Å². The van der Waals surface area contributed by atoms with Gasteiger partial charge in [0.15, 0.2) is 11.5 Å². The Balaban J connectivity index is 1.12. The van der Waals surface area contributed by atoms with E-state index in [1.165, 1.54) is 11.1 Å². The van der Waals surface area contributed by atoms with Crippen molar-refractivity contribution in [3.63, 3.8) is 0 Å². The summed E-state index contributed by atoms with van der Waals surface area (Å²) < 4.78 is 10.8. The second-order valence-electron chi connectivity index (χ2n) is 11.5. The van der Waals surface area contributed by atoms with Crippen LogP contribution in [0.2, 0.25) is 0 Å². The lowest BCUT2D eigenvalue weighted by atomic mass is 9.53. The van der Waals surface area contributed by atoms with Gasteiger partial charge in [-0.2, -0.15) is 0 Å². The zero-order valence-electron chi connectivity index (χ0n) is 21.2. The van der Waals surface area contributed by atoms with Gasteiger partial charge in [-0.3, -0.25) is 9.59 Å². The molecule has 0 radical (unpaired) electrons. The molecule has 4 aliphatic rings. The van der Waals surface area contributed by atoms with E-state index in [2.05, 4.69) is 18.3 Å². The molecule has 3 unspecified atom stereocenters. The summed E-state index contributed by atoms with van der Waals surface area (Å²) in [5.41, 5.74) is 3.72. The molecule has 2 aromatic rings. The van der Waals surface area contributed by atoms with Gasteiger partial charge in [-0.25, -0.2) is 0 Å². The monoisotopic (exact) mass is 503 g/mol. The van der Waals surface area contributed by atoms with Crippen LogP contribution in [0.25, 0.3) is 0 Å². The van der Waals surface area contributed by atoms with Crippen molar-refractivity contribution in [3.8, 4) is 11.5 Å². The van der Waals surface area contributed by atoms with Crippen LogP contribution in [0.5, 0.6) is 11.5 Å². The first kappa shape index (κ1) is 24.5. The van der Waals surface area contributed by atoms with Gasteiger partial charge in [0, 0.05) is 24.8 Å². The van der Waals surface area contributed by atoms with E-state index in [-0.39, 0.29) is 30.0 Å². The number of Topliss-reactive ketones (excluding diaryl/α,β-unsaturated/α-hetero) is 1. The molecule has 6 rings (SSSR count). The van der Waals surface area contributed by atoms with E-state index in [0.29, 0.717) is 48.2 Å². The molecule has 1 aliphatic heterocycles. The van der Waals surface area contributed by atoms with Crippen molar-refractivity contribution in [3.05, 3.63) is 53.1 Å². The molecule has 5 atom stereocenters. The summed E-state index contributed by atoms with van der Waals surface area (Å²) in [5.74, 6) is 3.13. The molecular weight excluding hydrogens is 469 g/mol. The van der Waals surface area contributed by atoms with Crippen LogP contribution in [0, 0.1) is 23.2 Å². The lowest BCUT2D eigenvalue weighted by Gasteiger charge is -2.50. The van der Waals surface area contributed by atoms with E-state index in [4.69, 9.17) is 9.47 Å². The van der Waals surface area contributed by atoms with Crippen LogP contribution in [-0.4, -0.2) is 35.6 Å². The third-order valence-electron chi connectivity index (χ3n) is 9.56. The number of ether oxygens (including phenoxy) is 2. The Labute approximate surface area is 217 Å². The molecule has 2 fully saturated rings. The summed E-state index contributed by atoms with van der Waals surface area (Å²) in [6, 6.07) is 11.5. The second kappa shape index (κ2) is 9.48. The molecule has 2 aromatic carbocycles. The molecule has 3 aliphatic carbocycles. The molecule has 0 saturated heterocycles. The molecule has 2 saturated carbocycles. The van der Waals surface area contributed by atoms with Crippen LogP contribution < -0.4 is 20.3 Å². The molecule has 8 heteroatoms. The first-order valence-corrected chi connectivity index (χ1v) is 13.5. The maximum absolute atomic E-state index is 13.3. The number of hydrogen-bond acceptors (Lipinski definition) is 6. The zero-order chi connectivity index (χ0) is 25.7. The number of fused-ring (bicyclic) bond motifs is 6. The zero-order valence-corrected chi connectivity index (χ0v) is 21.2. The number of amides is 1. The third-order valence-corrected chi connectivity index (χ3v) is 9.56. The highest BCUT2D eigenvalue weighted by atomic mass is 16.7. The SMILES string of the molecule is C[C@]12CCC3c4ccc(B(O)O)cc4CCC3C1[C@H](CCC(=O)NCc1ccc3c(c1)OCO3)CC2=O. The first-order chi connectivity index (χ1) is 17.8. The largest absolute Gasteiger partial charge is 0.488 e. The van der Waals surface area contributed by atoms with Crippen molar-refractivity contribution < 1.29 is 29.1 Å². The number of ketones is 1. The minimum absolute atomic E-state index is 0.00941. The van der Waals surface area contributed by atoms with E-state index in [1.807, 2.05) is 30.3 Å². The van der Waals surface area contributed by atoms with Gasteiger partial charge in [0.05, 0.1) is 0 Å². The van der Waals surface area contributed by atoms with Crippen molar-refractivity contribution in [1.29, 1.82) is 0 Å². The quantitative estimate of drug-likeness (QED) is 0.524. The van der Waals surface area contributed by atoms with Crippen molar-refractivity contribution in [2.75, 3.05) is 6.79 Å². The van der Waals surface area contributed by atoms with E-state index in [1.54, 1.807) is 0 Å². The molecule has 0 aromatic heterocycles. The van der Waals surface area contributed by atoms with Gasteiger partial charge in [-0.15, -0.1) is 0 Å². The van der Waals surface area contributed by atoms with Crippen molar-refractivity contribution in [1.82, 2.24) is 5.32 Å². The van der Waals surface area contributed by atoms with Crippen LogP contribution in [0.4, 0.5) is 0 Å². The van der Waals surface area contributed by atoms with Crippen molar-refractivity contribution in [2.24, 2.45) is 23.2 Å². The van der Waals surface area contributed by atoms with Crippen LogP contribution in [0.15, 0.2) is 36.4 Å². The molecule has 37 heavy (non-hydrogen) atoms. The van der Waals surface area contributed by atoms with Gasteiger partial charge in [-0.1, -0.05) is 31.2 Å². The first-order valence-electron chi connectivity index (χ1n) is 13.5. The Morgan fingerprint density at radius 2 is 1.97 bits per heavy atom. The second-order valence-corrected chi connectivity index (χ2v) is 11.5. The van der Waals surface area contributed by atoms with E-state index < -0.39 is 7.12 Å². The predicted molar refractivity (Wildman–Crippen MR) is 138 cm³/mol. The summed E-state index contributed by atoms with van der Waals surface area (Å²) in [6.45, 7) is 2.83. The fraction of sp³-hybridized carbons (Fsp3) is 0.517. The van der Waals surface area contributed by atoms with Crippen molar-refractivity contribution >= 4 is 24.3 Å².